The summed E-state index contributed by atoms with van der Waals surface area (Å²) in [6, 6.07) is 0. The van der Waals surface area contributed by atoms with Crippen LogP contribution in [0.25, 0.3) is 0 Å². The zero-order chi connectivity index (χ0) is 14.4. The number of rotatable bonds is 7. The molecule has 2 aliphatic heterocycles. The Bertz CT molecular complexity index is 278. The van der Waals surface area contributed by atoms with E-state index in [9.17, 15) is 0 Å². The molecule has 2 heterocycles. The average molecular weight is 284 g/mol. The number of hydrogen-bond acceptors (Lipinski definition) is 4. The Balaban J connectivity index is 1.84. The molecule has 0 aromatic rings. The molecule has 2 aliphatic rings. The molecule has 20 heavy (non-hydrogen) atoms. The molecule has 0 bridgehead atoms. The monoisotopic (exact) mass is 284 g/mol. The molecule has 2 unspecified atom stereocenters. The minimum Gasteiger partial charge on any atom is -0.381 e. The Morgan fingerprint density at radius 2 is 2.20 bits per heavy atom. The van der Waals surface area contributed by atoms with Crippen LogP contribution in [0, 0.1) is 11.3 Å². The van der Waals surface area contributed by atoms with Gasteiger partial charge < -0.3 is 14.8 Å². The van der Waals surface area contributed by atoms with Gasteiger partial charge in [-0.15, -0.1) is 0 Å². The highest BCUT2D eigenvalue weighted by molar-refractivity contribution is 4.89. The van der Waals surface area contributed by atoms with E-state index < -0.39 is 0 Å². The molecule has 0 radical (unpaired) electrons. The van der Waals surface area contributed by atoms with Crippen LogP contribution in [0.15, 0.2) is 0 Å². The molecule has 2 rings (SSSR count). The van der Waals surface area contributed by atoms with Gasteiger partial charge in [-0.25, -0.2) is 0 Å². The van der Waals surface area contributed by atoms with Crippen LogP contribution >= 0.6 is 0 Å². The molecule has 2 atom stereocenters. The Labute approximate surface area is 124 Å². The lowest BCUT2D eigenvalue weighted by Crippen LogP contribution is -2.50. The summed E-state index contributed by atoms with van der Waals surface area (Å²) in [5.74, 6) is 0.710. The highest BCUT2D eigenvalue weighted by Crippen LogP contribution is 2.30. The topological polar surface area (TPSA) is 33.7 Å². The molecular weight excluding hydrogens is 252 g/mol. The molecule has 2 fully saturated rings. The lowest BCUT2D eigenvalue weighted by Gasteiger charge is -2.39. The lowest BCUT2D eigenvalue weighted by atomic mass is 9.86. The summed E-state index contributed by atoms with van der Waals surface area (Å²) >= 11 is 0. The summed E-state index contributed by atoms with van der Waals surface area (Å²) in [6.45, 7) is 14.9. The van der Waals surface area contributed by atoms with Gasteiger partial charge in [0.25, 0.3) is 0 Å². The quantitative estimate of drug-likeness (QED) is 0.772. The smallest absolute Gasteiger partial charge is 0.0700 e. The maximum Gasteiger partial charge on any atom is 0.0700 e. The second-order valence-electron chi connectivity index (χ2n) is 6.96. The van der Waals surface area contributed by atoms with Gasteiger partial charge in [-0.2, -0.15) is 0 Å². The van der Waals surface area contributed by atoms with Crippen molar-refractivity contribution in [3.8, 4) is 0 Å². The minimum absolute atomic E-state index is 0.310. The lowest BCUT2D eigenvalue weighted by molar-refractivity contribution is -0.0432. The molecule has 4 nitrogen and oxygen atoms in total. The van der Waals surface area contributed by atoms with E-state index >= 15 is 0 Å². The molecule has 1 N–H and O–H groups in total. The molecular formula is C16H32N2O2. The van der Waals surface area contributed by atoms with Gasteiger partial charge in [-0.05, 0) is 25.3 Å². The third kappa shape index (κ3) is 4.69. The van der Waals surface area contributed by atoms with Gasteiger partial charge in [0.1, 0.15) is 0 Å². The molecule has 0 spiro atoms. The number of nitrogens with one attached hydrogen (secondary N) is 1. The molecule has 4 heteroatoms. The first kappa shape index (κ1) is 16.2. The third-order valence-corrected chi connectivity index (χ3v) is 4.47. The Kier molecular flexibility index (Phi) is 6.27. The zero-order valence-corrected chi connectivity index (χ0v) is 13.5. The largest absolute Gasteiger partial charge is 0.381 e. The summed E-state index contributed by atoms with van der Waals surface area (Å²) < 4.78 is 11.5. The highest BCUT2D eigenvalue weighted by atomic mass is 16.5. The molecule has 2 saturated heterocycles. The van der Waals surface area contributed by atoms with Gasteiger partial charge >= 0.3 is 0 Å². The SMILES string of the molecule is CCC1CN(CC2(CNCC(C)C)CCOC2)CCO1. The Morgan fingerprint density at radius 1 is 1.35 bits per heavy atom. The van der Waals surface area contributed by atoms with Gasteiger partial charge in [0.05, 0.1) is 19.3 Å². The van der Waals surface area contributed by atoms with Gasteiger partial charge in [0.15, 0.2) is 0 Å². The zero-order valence-electron chi connectivity index (χ0n) is 13.5. The van der Waals surface area contributed by atoms with Gasteiger partial charge in [-0.3, -0.25) is 4.90 Å². The van der Waals surface area contributed by atoms with Crippen molar-refractivity contribution in [2.24, 2.45) is 11.3 Å². The van der Waals surface area contributed by atoms with E-state index in [2.05, 4.69) is 31.0 Å². The Hall–Kier alpha value is -0.160. The summed E-state index contributed by atoms with van der Waals surface area (Å²) in [6.07, 6.45) is 2.73. The standard InChI is InChI=1S/C16H32N2O2/c1-4-15-10-18(6-8-20-15)12-16(5-7-19-13-16)11-17-9-14(2)3/h14-15,17H,4-13H2,1-3H3. The molecule has 0 aromatic heterocycles. The first-order valence-electron chi connectivity index (χ1n) is 8.26. The van der Waals surface area contributed by atoms with E-state index in [1.165, 1.54) is 6.42 Å². The van der Waals surface area contributed by atoms with E-state index in [0.717, 1.165) is 59.0 Å². The summed E-state index contributed by atoms with van der Waals surface area (Å²) in [7, 11) is 0. The van der Waals surface area contributed by atoms with Crippen molar-refractivity contribution in [2.75, 3.05) is 52.5 Å². The molecule has 118 valence electrons. The van der Waals surface area contributed by atoms with Crippen LogP contribution in [0.1, 0.15) is 33.6 Å². The van der Waals surface area contributed by atoms with E-state index in [1.54, 1.807) is 0 Å². The maximum atomic E-state index is 5.78. The number of morpholine rings is 1. The summed E-state index contributed by atoms with van der Waals surface area (Å²) in [5, 5.41) is 3.64. The van der Waals surface area contributed by atoms with E-state index in [-0.39, 0.29) is 0 Å². The predicted octanol–water partition coefficient (Wildman–Crippen LogP) is 1.75. The highest BCUT2D eigenvalue weighted by Gasteiger charge is 2.37. The van der Waals surface area contributed by atoms with E-state index in [0.29, 0.717) is 17.4 Å². The second-order valence-corrected chi connectivity index (χ2v) is 6.96. The van der Waals surface area contributed by atoms with Crippen molar-refractivity contribution in [1.82, 2.24) is 10.2 Å². The molecule has 0 amide bonds. The summed E-state index contributed by atoms with van der Waals surface area (Å²) in [4.78, 5) is 2.59. The fourth-order valence-corrected chi connectivity index (χ4v) is 3.24. The van der Waals surface area contributed by atoms with Crippen molar-refractivity contribution in [2.45, 2.75) is 39.7 Å². The third-order valence-electron chi connectivity index (χ3n) is 4.47. The van der Waals surface area contributed by atoms with Crippen LogP contribution in [-0.2, 0) is 9.47 Å². The predicted molar refractivity (Wildman–Crippen MR) is 82.0 cm³/mol. The van der Waals surface area contributed by atoms with Crippen LogP contribution < -0.4 is 5.32 Å². The van der Waals surface area contributed by atoms with E-state index in [4.69, 9.17) is 9.47 Å². The van der Waals surface area contributed by atoms with Gasteiger partial charge in [0.2, 0.25) is 0 Å². The minimum atomic E-state index is 0.310. The molecule has 0 aromatic carbocycles. The fourth-order valence-electron chi connectivity index (χ4n) is 3.24. The van der Waals surface area contributed by atoms with E-state index in [1.807, 2.05) is 0 Å². The number of ether oxygens (including phenoxy) is 2. The van der Waals surface area contributed by atoms with Crippen molar-refractivity contribution in [3.05, 3.63) is 0 Å². The van der Waals surface area contributed by atoms with Crippen molar-refractivity contribution in [3.63, 3.8) is 0 Å². The molecule has 0 aliphatic carbocycles. The Morgan fingerprint density at radius 3 is 2.85 bits per heavy atom. The van der Waals surface area contributed by atoms with Crippen LogP contribution in [-0.4, -0.2) is 63.5 Å². The van der Waals surface area contributed by atoms with Crippen LogP contribution in [0.4, 0.5) is 0 Å². The fraction of sp³-hybridized carbons (Fsp3) is 1.00. The van der Waals surface area contributed by atoms with Crippen molar-refractivity contribution < 1.29 is 9.47 Å². The number of nitrogens with zero attached hydrogens (tertiary/aromatic N) is 1. The first-order valence-corrected chi connectivity index (χ1v) is 8.26. The normalized spacial score (nSPS) is 32.1. The maximum absolute atomic E-state index is 5.78. The van der Waals surface area contributed by atoms with Crippen LogP contribution in [0.2, 0.25) is 0 Å². The second kappa shape index (κ2) is 7.74. The number of hydrogen-bond donors (Lipinski definition) is 1. The van der Waals surface area contributed by atoms with Gasteiger partial charge in [0, 0.05) is 38.2 Å². The van der Waals surface area contributed by atoms with Gasteiger partial charge in [-0.1, -0.05) is 20.8 Å². The summed E-state index contributed by atoms with van der Waals surface area (Å²) in [5.41, 5.74) is 0.310. The van der Waals surface area contributed by atoms with Crippen LogP contribution in [0.3, 0.4) is 0 Å². The first-order chi connectivity index (χ1) is 9.63. The van der Waals surface area contributed by atoms with Crippen molar-refractivity contribution in [1.29, 1.82) is 0 Å². The molecule has 0 saturated carbocycles. The van der Waals surface area contributed by atoms with Crippen molar-refractivity contribution >= 4 is 0 Å². The van der Waals surface area contributed by atoms with Crippen LogP contribution in [0.5, 0.6) is 0 Å². The average Bonchev–Trinajstić information content (AvgIpc) is 2.87.